The number of hydrogen-bond donors (Lipinski definition) is 0. The molecule has 0 aromatic heterocycles. The highest BCUT2D eigenvalue weighted by Gasteiger charge is 2.26. The number of methoxy groups -OCH3 is 1. The monoisotopic (exact) mass is 213 g/mol. The van der Waals surface area contributed by atoms with Crippen molar-refractivity contribution >= 4 is 5.97 Å². The maximum Gasteiger partial charge on any atom is 0.390 e. The van der Waals surface area contributed by atoms with Crippen LogP contribution in [0.25, 0.3) is 0 Å². The molecule has 0 saturated heterocycles. The predicted molar refractivity (Wildman–Crippen MR) is 44.8 cm³/mol. The molecule has 0 aliphatic carbocycles. The van der Waals surface area contributed by atoms with E-state index in [0.29, 0.717) is 0 Å². The quantitative estimate of drug-likeness (QED) is 0.647. The van der Waals surface area contributed by atoms with Crippen molar-refractivity contribution in [2.45, 2.75) is 19.0 Å². The fourth-order valence-electron chi connectivity index (χ4n) is 0.814. The summed E-state index contributed by atoms with van der Waals surface area (Å²) in [6.07, 6.45) is -4.88. The summed E-state index contributed by atoms with van der Waals surface area (Å²) in [7, 11) is 2.78. The second kappa shape index (κ2) is 5.85. The maximum atomic E-state index is 11.8. The van der Waals surface area contributed by atoms with E-state index >= 15 is 0 Å². The van der Waals surface area contributed by atoms with Crippen molar-refractivity contribution in [3.05, 3.63) is 0 Å². The lowest BCUT2D eigenvalue weighted by molar-refractivity contribution is -0.141. The molecule has 0 amide bonds. The zero-order valence-electron chi connectivity index (χ0n) is 8.23. The van der Waals surface area contributed by atoms with Crippen LogP contribution in [0.3, 0.4) is 0 Å². The smallest absolute Gasteiger partial charge is 0.390 e. The first-order chi connectivity index (χ1) is 6.35. The van der Waals surface area contributed by atoms with Gasteiger partial charge in [-0.25, -0.2) is 0 Å². The van der Waals surface area contributed by atoms with E-state index in [4.69, 9.17) is 0 Å². The number of ether oxygens (including phenoxy) is 1. The van der Waals surface area contributed by atoms with Gasteiger partial charge in [-0.3, -0.25) is 4.79 Å². The molecule has 3 nitrogen and oxygen atoms in total. The number of halogens is 3. The van der Waals surface area contributed by atoms with Crippen LogP contribution in [0.1, 0.15) is 12.8 Å². The summed E-state index contributed by atoms with van der Waals surface area (Å²) in [4.78, 5) is 12.1. The van der Waals surface area contributed by atoms with E-state index in [9.17, 15) is 18.0 Å². The molecular weight excluding hydrogens is 199 g/mol. The van der Waals surface area contributed by atoms with Crippen LogP contribution in [0.4, 0.5) is 13.2 Å². The normalized spacial score (nSPS) is 11.9. The van der Waals surface area contributed by atoms with Crippen molar-refractivity contribution < 1.29 is 22.7 Å². The molecule has 0 atom stereocenters. The van der Waals surface area contributed by atoms with Crippen molar-refractivity contribution in [2.24, 2.45) is 0 Å². The molecule has 0 aliphatic rings. The molecule has 0 aliphatic heterocycles. The number of esters is 1. The van der Waals surface area contributed by atoms with Crippen molar-refractivity contribution in [3.63, 3.8) is 0 Å². The summed E-state index contributed by atoms with van der Waals surface area (Å²) in [6, 6.07) is 0. The summed E-state index contributed by atoms with van der Waals surface area (Å²) in [5.74, 6) is -0.413. The first-order valence-corrected chi connectivity index (χ1v) is 4.17. The van der Waals surface area contributed by atoms with Crippen LogP contribution in [0, 0.1) is 0 Å². The van der Waals surface area contributed by atoms with Crippen molar-refractivity contribution in [3.8, 4) is 0 Å². The number of nitrogens with zero attached hydrogens (tertiary/aromatic N) is 1. The molecule has 0 aromatic carbocycles. The molecule has 84 valence electrons. The fraction of sp³-hybridized carbons (Fsp3) is 0.875. The van der Waals surface area contributed by atoms with Gasteiger partial charge in [-0.2, -0.15) is 13.2 Å². The third-order valence-electron chi connectivity index (χ3n) is 1.70. The van der Waals surface area contributed by atoms with Crippen LogP contribution in [-0.4, -0.2) is 44.3 Å². The molecule has 0 aromatic rings. The van der Waals surface area contributed by atoms with Crippen LogP contribution < -0.4 is 0 Å². The second-order valence-electron chi connectivity index (χ2n) is 2.99. The Morgan fingerprint density at radius 1 is 1.36 bits per heavy atom. The van der Waals surface area contributed by atoms with Gasteiger partial charge in [-0.05, 0) is 7.05 Å². The van der Waals surface area contributed by atoms with Gasteiger partial charge in [0.25, 0.3) is 0 Å². The van der Waals surface area contributed by atoms with Crippen LogP contribution in [0.5, 0.6) is 0 Å². The van der Waals surface area contributed by atoms with Gasteiger partial charge in [-0.15, -0.1) is 0 Å². The van der Waals surface area contributed by atoms with Gasteiger partial charge in [0, 0.05) is 13.1 Å². The standard InChI is InChI=1S/C8H14F3NO2/c1-12(5-3-7(13)14-2)6-4-8(9,10)11/h3-6H2,1-2H3. The topological polar surface area (TPSA) is 29.5 Å². The van der Waals surface area contributed by atoms with Crippen molar-refractivity contribution in [1.29, 1.82) is 0 Å². The Hall–Kier alpha value is -0.780. The van der Waals surface area contributed by atoms with Crippen LogP contribution in [-0.2, 0) is 9.53 Å². The Bertz CT molecular complexity index is 182. The minimum atomic E-state index is -4.14. The molecule has 0 spiro atoms. The summed E-state index contributed by atoms with van der Waals surface area (Å²) in [5.41, 5.74) is 0. The lowest BCUT2D eigenvalue weighted by Gasteiger charge is -2.16. The maximum absolute atomic E-state index is 11.8. The summed E-state index contributed by atoms with van der Waals surface area (Å²) in [5, 5.41) is 0. The Morgan fingerprint density at radius 3 is 2.36 bits per heavy atom. The zero-order valence-corrected chi connectivity index (χ0v) is 8.23. The number of carbonyl (C=O) groups is 1. The minimum absolute atomic E-state index is 0.0967. The summed E-state index contributed by atoms with van der Waals surface area (Å²) >= 11 is 0. The fourth-order valence-corrected chi connectivity index (χ4v) is 0.814. The third kappa shape index (κ3) is 7.85. The van der Waals surface area contributed by atoms with Gasteiger partial charge in [0.2, 0.25) is 0 Å². The Labute approximate surface area is 80.8 Å². The van der Waals surface area contributed by atoms with E-state index in [1.165, 1.54) is 19.1 Å². The lowest BCUT2D eigenvalue weighted by Crippen LogP contribution is -2.26. The predicted octanol–water partition coefficient (Wildman–Crippen LogP) is 1.43. The largest absolute Gasteiger partial charge is 0.469 e. The Morgan fingerprint density at radius 2 is 1.93 bits per heavy atom. The minimum Gasteiger partial charge on any atom is -0.469 e. The highest BCUT2D eigenvalue weighted by atomic mass is 19.4. The SMILES string of the molecule is COC(=O)CCN(C)CCC(F)(F)F. The number of carbonyl (C=O) groups excluding carboxylic acids is 1. The number of rotatable bonds is 5. The highest BCUT2D eigenvalue weighted by molar-refractivity contribution is 5.69. The Kier molecular flexibility index (Phi) is 5.52. The van der Waals surface area contributed by atoms with Crippen LogP contribution in [0.2, 0.25) is 0 Å². The average Bonchev–Trinajstić information content (AvgIpc) is 2.09. The van der Waals surface area contributed by atoms with Gasteiger partial charge < -0.3 is 9.64 Å². The van der Waals surface area contributed by atoms with Crippen LogP contribution in [0.15, 0.2) is 0 Å². The van der Waals surface area contributed by atoms with Gasteiger partial charge in [0.1, 0.15) is 0 Å². The summed E-state index contributed by atoms with van der Waals surface area (Å²) in [6.45, 7) is 0.184. The van der Waals surface area contributed by atoms with Gasteiger partial charge in [-0.1, -0.05) is 0 Å². The molecule has 0 N–H and O–H groups in total. The van der Waals surface area contributed by atoms with Gasteiger partial charge in [0.15, 0.2) is 0 Å². The molecule has 0 fully saturated rings. The zero-order chi connectivity index (χ0) is 11.2. The van der Waals surface area contributed by atoms with Crippen molar-refractivity contribution in [2.75, 3.05) is 27.2 Å². The molecule has 6 heteroatoms. The molecule has 0 radical (unpaired) electrons. The van der Waals surface area contributed by atoms with Crippen molar-refractivity contribution in [1.82, 2.24) is 4.90 Å². The lowest BCUT2D eigenvalue weighted by atomic mass is 10.3. The second-order valence-corrected chi connectivity index (χ2v) is 2.99. The Balaban J connectivity index is 3.56. The van der Waals surface area contributed by atoms with E-state index in [0.717, 1.165) is 0 Å². The average molecular weight is 213 g/mol. The number of hydrogen-bond acceptors (Lipinski definition) is 3. The van der Waals surface area contributed by atoms with E-state index in [1.807, 2.05) is 0 Å². The first-order valence-electron chi connectivity index (χ1n) is 4.17. The van der Waals surface area contributed by atoms with Gasteiger partial charge in [0.05, 0.1) is 20.0 Å². The summed E-state index contributed by atoms with van der Waals surface area (Å²) < 4.78 is 39.6. The van der Waals surface area contributed by atoms with E-state index < -0.39 is 18.6 Å². The van der Waals surface area contributed by atoms with E-state index in [1.54, 1.807) is 0 Å². The highest BCUT2D eigenvalue weighted by Crippen LogP contribution is 2.19. The molecule has 0 saturated carbocycles. The third-order valence-corrected chi connectivity index (χ3v) is 1.70. The van der Waals surface area contributed by atoms with E-state index in [-0.39, 0.29) is 19.5 Å². The molecular formula is C8H14F3NO2. The first kappa shape index (κ1) is 13.2. The molecule has 0 bridgehead atoms. The van der Waals surface area contributed by atoms with Gasteiger partial charge >= 0.3 is 12.1 Å². The molecule has 14 heavy (non-hydrogen) atoms. The molecule has 0 unspecified atom stereocenters. The molecule has 0 heterocycles. The number of alkyl halides is 3. The molecule has 0 rings (SSSR count). The van der Waals surface area contributed by atoms with E-state index in [2.05, 4.69) is 4.74 Å². The van der Waals surface area contributed by atoms with Crippen LogP contribution >= 0.6 is 0 Å².